The lowest BCUT2D eigenvalue weighted by atomic mass is 9.99. The molecule has 1 aromatic rings. The third-order valence-corrected chi connectivity index (χ3v) is 2.87. The highest BCUT2D eigenvalue weighted by Gasteiger charge is 2.14. The van der Waals surface area contributed by atoms with Crippen molar-refractivity contribution < 1.29 is 14.6 Å². The van der Waals surface area contributed by atoms with Gasteiger partial charge in [0.1, 0.15) is 0 Å². The van der Waals surface area contributed by atoms with E-state index < -0.39 is 5.97 Å². The highest BCUT2D eigenvalue weighted by atomic mass is 16.5. The van der Waals surface area contributed by atoms with Gasteiger partial charge in [-0.2, -0.15) is 0 Å². The zero-order chi connectivity index (χ0) is 13.5. The predicted molar refractivity (Wildman–Crippen MR) is 67.6 cm³/mol. The molecule has 2 heterocycles. The van der Waals surface area contributed by atoms with Crippen molar-refractivity contribution in [3.63, 3.8) is 0 Å². The molecular formula is C13H15N3O3. The normalized spacial score (nSPS) is 15.4. The first-order valence-electron chi connectivity index (χ1n) is 6.15. The average molecular weight is 261 g/mol. The summed E-state index contributed by atoms with van der Waals surface area (Å²) in [5, 5.41) is 11.8. The van der Waals surface area contributed by atoms with E-state index in [0.717, 1.165) is 25.9 Å². The van der Waals surface area contributed by atoms with Gasteiger partial charge >= 0.3 is 5.97 Å². The summed E-state index contributed by atoms with van der Waals surface area (Å²) in [6.45, 7) is 2.56. The van der Waals surface area contributed by atoms with E-state index in [1.54, 1.807) is 0 Å². The smallest absolute Gasteiger partial charge is 0.382 e. The SMILES string of the molecule is O=C(O)C#Cc1nccnc1OCC1CCNCC1. The van der Waals surface area contributed by atoms with E-state index in [1.165, 1.54) is 12.4 Å². The molecule has 6 nitrogen and oxygen atoms in total. The minimum absolute atomic E-state index is 0.263. The van der Waals surface area contributed by atoms with Gasteiger partial charge in [-0.1, -0.05) is 0 Å². The Hall–Kier alpha value is -2.13. The van der Waals surface area contributed by atoms with Gasteiger partial charge in [0.05, 0.1) is 6.61 Å². The number of ether oxygens (including phenoxy) is 1. The van der Waals surface area contributed by atoms with Crippen molar-refractivity contribution in [1.82, 2.24) is 15.3 Å². The molecule has 2 N–H and O–H groups in total. The van der Waals surface area contributed by atoms with Crippen molar-refractivity contribution in [3.8, 4) is 17.7 Å². The fourth-order valence-corrected chi connectivity index (χ4v) is 1.87. The minimum Gasteiger partial charge on any atom is -0.475 e. The zero-order valence-electron chi connectivity index (χ0n) is 10.4. The quantitative estimate of drug-likeness (QED) is 0.761. The molecule has 1 saturated heterocycles. The van der Waals surface area contributed by atoms with Gasteiger partial charge in [-0.3, -0.25) is 0 Å². The lowest BCUT2D eigenvalue weighted by molar-refractivity contribution is -0.130. The van der Waals surface area contributed by atoms with Crippen LogP contribution in [0.2, 0.25) is 0 Å². The van der Waals surface area contributed by atoms with Gasteiger partial charge in [0, 0.05) is 18.3 Å². The molecule has 100 valence electrons. The number of carboxylic acids is 1. The van der Waals surface area contributed by atoms with Crippen LogP contribution >= 0.6 is 0 Å². The molecule has 19 heavy (non-hydrogen) atoms. The second kappa shape index (κ2) is 6.71. The Morgan fingerprint density at radius 2 is 2.16 bits per heavy atom. The van der Waals surface area contributed by atoms with Gasteiger partial charge in [-0.15, -0.1) is 0 Å². The average Bonchev–Trinajstić information content (AvgIpc) is 2.45. The fourth-order valence-electron chi connectivity index (χ4n) is 1.87. The third kappa shape index (κ3) is 4.23. The molecule has 1 fully saturated rings. The van der Waals surface area contributed by atoms with Crippen molar-refractivity contribution in [1.29, 1.82) is 0 Å². The minimum atomic E-state index is -1.20. The van der Waals surface area contributed by atoms with Crippen molar-refractivity contribution in [3.05, 3.63) is 18.1 Å². The summed E-state index contributed by atoms with van der Waals surface area (Å²) < 4.78 is 5.61. The first-order valence-corrected chi connectivity index (χ1v) is 6.15. The molecule has 1 aliphatic rings. The van der Waals surface area contributed by atoms with E-state index >= 15 is 0 Å². The Labute approximate surface area is 111 Å². The molecule has 2 rings (SSSR count). The van der Waals surface area contributed by atoms with Gasteiger partial charge in [0.2, 0.25) is 5.88 Å². The van der Waals surface area contributed by atoms with E-state index in [0.29, 0.717) is 18.4 Å². The van der Waals surface area contributed by atoms with Crippen LogP contribution in [0.3, 0.4) is 0 Å². The Morgan fingerprint density at radius 1 is 1.42 bits per heavy atom. The van der Waals surface area contributed by atoms with Gasteiger partial charge in [0.15, 0.2) is 5.69 Å². The zero-order valence-corrected chi connectivity index (χ0v) is 10.4. The summed E-state index contributed by atoms with van der Waals surface area (Å²) >= 11 is 0. The van der Waals surface area contributed by atoms with Crippen LogP contribution in [0.15, 0.2) is 12.4 Å². The summed E-state index contributed by atoms with van der Waals surface area (Å²) in [6.07, 6.45) is 5.10. The van der Waals surface area contributed by atoms with E-state index in [-0.39, 0.29) is 5.69 Å². The second-order valence-corrected chi connectivity index (χ2v) is 4.27. The molecule has 0 bridgehead atoms. The van der Waals surface area contributed by atoms with E-state index in [9.17, 15) is 4.79 Å². The molecule has 0 spiro atoms. The molecule has 0 radical (unpaired) electrons. The Morgan fingerprint density at radius 3 is 2.89 bits per heavy atom. The number of aromatic nitrogens is 2. The molecule has 6 heteroatoms. The Bertz CT molecular complexity index is 501. The fraction of sp³-hybridized carbons (Fsp3) is 0.462. The highest BCUT2D eigenvalue weighted by molar-refractivity contribution is 5.87. The highest BCUT2D eigenvalue weighted by Crippen LogP contribution is 2.15. The first kappa shape index (κ1) is 13.3. The molecule has 1 aliphatic heterocycles. The van der Waals surface area contributed by atoms with Gasteiger partial charge in [-0.05, 0) is 37.8 Å². The number of aliphatic carboxylic acids is 1. The van der Waals surface area contributed by atoms with Gasteiger partial charge in [0.25, 0.3) is 0 Å². The van der Waals surface area contributed by atoms with Crippen molar-refractivity contribution in [2.75, 3.05) is 19.7 Å². The van der Waals surface area contributed by atoms with Crippen LogP contribution in [0.4, 0.5) is 0 Å². The standard InChI is InChI=1S/C13H15N3O3/c17-12(18)2-1-11-13(16-8-7-15-11)19-9-10-3-5-14-6-4-10/h7-8,10,14H,3-6,9H2,(H,17,18). The van der Waals surface area contributed by atoms with Crippen molar-refractivity contribution in [2.45, 2.75) is 12.8 Å². The number of carbonyl (C=O) groups is 1. The third-order valence-electron chi connectivity index (χ3n) is 2.87. The Kier molecular flexibility index (Phi) is 4.70. The van der Waals surface area contributed by atoms with Crippen LogP contribution < -0.4 is 10.1 Å². The number of nitrogens with zero attached hydrogens (tertiary/aromatic N) is 2. The molecular weight excluding hydrogens is 246 g/mol. The molecule has 0 aromatic carbocycles. The van der Waals surface area contributed by atoms with E-state index in [4.69, 9.17) is 9.84 Å². The van der Waals surface area contributed by atoms with Crippen LogP contribution in [-0.2, 0) is 4.79 Å². The van der Waals surface area contributed by atoms with Crippen LogP contribution in [0.1, 0.15) is 18.5 Å². The monoisotopic (exact) mass is 261 g/mol. The second-order valence-electron chi connectivity index (χ2n) is 4.27. The molecule has 0 saturated carbocycles. The van der Waals surface area contributed by atoms with Gasteiger partial charge < -0.3 is 15.2 Å². The number of hydrogen-bond acceptors (Lipinski definition) is 5. The van der Waals surface area contributed by atoms with E-state index in [1.807, 2.05) is 5.92 Å². The van der Waals surface area contributed by atoms with Crippen LogP contribution in [-0.4, -0.2) is 40.7 Å². The van der Waals surface area contributed by atoms with Crippen LogP contribution in [0.25, 0.3) is 0 Å². The number of rotatable bonds is 3. The maximum Gasteiger partial charge on any atom is 0.382 e. The molecule has 0 unspecified atom stereocenters. The number of piperidine rings is 1. The topological polar surface area (TPSA) is 84.3 Å². The van der Waals surface area contributed by atoms with E-state index in [2.05, 4.69) is 21.2 Å². The maximum absolute atomic E-state index is 10.4. The lowest BCUT2D eigenvalue weighted by Crippen LogP contribution is -2.30. The first-order chi connectivity index (χ1) is 9.25. The largest absolute Gasteiger partial charge is 0.475 e. The molecule has 0 amide bonds. The molecule has 0 atom stereocenters. The van der Waals surface area contributed by atoms with Crippen LogP contribution in [0.5, 0.6) is 5.88 Å². The summed E-state index contributed by atoms with van der Waals surface area (Å²) in [6, 6.07) is 0. The summed E-state index contributed by atoms with van der Waals surface area (Å²) in [5.74, 6) is 4.05. The summed E-state index contributed by atoms with van der Waals surface area (Å²) in [7, 11) is 0. The number of carboxylic acid groups (broad SMARTS) is 1. The van der Waals surface area contributed by atoms with Gasteiger partial charge in [-0.25, -0.2) is 14.8 Å². The van der Waals surface area contributed by atoms with Crippen molar-refractivity contribution >= 4 is 5.97 Å². The van der Waals surface area contributed by atoms with Crippen LogP contribution in [0, 0.1) is 17.8 Å². The Balaban J connectivity index is 1.99. The predicted octanol–water partition coefficient (Wildman–Crippen LogP) is 0.291. The lowest BCUT2D eigenvalue weighted by Gasteiger charge is -2.22. The number of hydrogen-bond donors (Lipinski definition) is 2. The number of nitrogens with one attached hydrogen (secondary N) is 1. The summed E-state index contributed by atoms with van der Waals surface area (Å²) in [5.41, 5.74) is 0.263. The maximum atomic E-state index is 10.4. The summed E-state index contributed by atoms with van der Waals surface area (Å²) in [4.78, 5) is 18.4. The molecule has 1 aromatic heterocycles. The molecule has 0 aliphatic carbocycles. The van der Waals surface area contributed by atoms with Crippen molar-refractivity contribution in [2.24, 2.45) is 5.92 Å².